The van der Waals surface area contributed by atoms with E-state index in [2.05, 4.69) is 11.8 Å². The Morgan fingerprint density at radius 3 is 2.70 bits per heavy atom. The van der Waals surface area contributed by atoms with E-state index >= 15 is 0 Å². The van der Waals surface area contributed by atoms with Crippen LogP contribution in [0.2, 0.25) is 0 Å². The van der Waals surface area contributed by atoms with E-state index < -0.39 is 10.8 Å². The van der Waals surface area contributed by atoms with Crippen LogP contribution in [0.4, 0.5) is 0 Å². The Balaban J connectivity index is 3.51. The summed E-state index contributed by atoms with van der Waals surface area (Å²) in [6.07, 6.45) is 0. The lowest BCUT2D eigenvalue weighted by Crippen LogP contribution is -2.23. The summed E-state index contributed by atoms with van der Waals surface area (Å²) in [4.78, 5) is 0. The summed E-state index contributed by atoms with van der Waals surface area (Å²) in [5.74, 6) is 6.44. The fourth-order valence-electron chi connectivity index (χ4n) is 0.505. The van der Waals surface area contributed by atoms with Gasteiger partial charge < -0.3 is 5.73 Å². The topological polar surface area (TPSA) is 43.1 Å². The Hall–Kier alpha value is -0.330. The summed E-state index contributed by atoms with van der Waals surface area (Å²) >= 11 is 0. The van der Waals surface area contributed by atoms with Gasteiger partial charge in [0.1, 0.15) is 0 Å². The number of rotatable bonds is 3. The highest BCUT2D eigenvalue weighted by atomic mass is 32.2. The number of hydrogen-bond donors (Lipinski definition) is 1. The molecule has 0 spiro atoms. The maximum absolute atomic E-state index is 10.9. The zero-order valence-electron chi connectivity index (χ0n) is 6.39. The molecule has 58 valence electrons. The highest BCUT2D eigenvalue weighted by Crippen LogP contribution is 1.84. The molecule has 0 aliphatic heterocycles. The van der Waals surface area contributed by atoms with Crippen molar-refractivity contribution in [1.29, 1.82) is 0 Å². The normalized spacial score (nSPS) is 15.1. The van der Waals surface area contributed by atoms with Crippen molar-refractivity contribution in [3.8, 4) is 11.8 Å². The van der Waals surface area contributed by atoms with Crippen LogP contribution in [0, 0.1) is 11.8 Å². The molecule has 2 nitrogen and oxygen atoms in total. The SMILES string of the molecule is CC#CCS(=O)CC(C)N. The average molecular weight is 159 g/mol. The Bertz CT molecular complexity index is 166. The minimum Gasteiger partial charge on any atom is -0.327 e. The van der Waals surface area contributed by atoms with Gasteiger partial charge in [0.2, 0.25) is 0 Å². The zero-order valence-corrected chi connectivity index (χ0v) is 7.20. The van der Waals surface area contributed by atoms with Crippen LogP contribution in [-0.4, -0.2) is 21.8 Å². The van der Waals surface area contributed by atoms with E-state index in [1.807, 2.05) is 6.92 Å². The molecule has 0 aromatic carbocycles. The third-order valence-electron chi connectivity index (χ3n) is 0.859. The lowest BCUT2D eigenvalue weighted by Gasteiger charge is -2.00. The highest BCUT2D eigenvalue weighted by Gasteiger charge is 1.99. The molecular formula is C7H13NOS. The lowest BCUT2D eigenvalue weighted by molar-refractivity contribution is 0.679. The number of hydrogen-bond acceptors (Lipinski definition) is 2. The molecule has 0 amide bonds. The van der Waals surface area contributed by atoms with Crippen LogP contribution in [0.3, 0.4) is 0 Å². The second kappa shape index (κ2) is 5.45. The molecule has 0 aromatic rings. The fourth-order valence-corrected chi connectivity index (χ4v) is 1.51. The van der Waals surface area contributed by atoms with Gasteiger partial charge in [0.25, 0.3) is 0 Å². The summed E-state index contributed by atoms with van der Waals surface area (Å²) in [5, 5.41) is 0. The summed E-state index contributed by atoms with van der Waals surface area (Å²) in [7, 11) is -0.849. The van der Waals surface area contributed by atoms with Gasteiger partial charge in [0, 0.05) is 22.6 Å². The standard InChI is InChI=1S/C7H13NOS/c1-3-4-5-10(9)6-7(2)8/h7H,5-6,8H2,1-2H3. The van der Waals surface area contributed by atoms with Crippen LogP contribution in [0.15, 0.2) is 0 Å². The van der Waals surface area contributed by atoms with Gasteiger partial charge in [0.15, 0.2) is 0 Å². The van der Waals surface area contributed by atoms with Crippen molar-refractivity contribution < 1.29 is 4.21 Å². The second-order valence-electron chi connectivity index (χ2n) is 2.15. The summed E-state index contributed by atoms with van der Waals surface area (Å²) in [5.41, 5.74) is 5.42. The predicted octanol–water partition coefficient (Wildman–Crippen LogP) is 0.106. The van der Waals surface area contributed by atoms with Crippen molar-refractivity contribution in [2.24, 2.45) is 5.73 Å². The van der Waals surface area contributed by atoms with Crippen LogP contribution in [0.1, 0.15) is 13.8 Å². The third-order valence-corrected chi connectivity index (χ3v) is 2.22. The molecule has 0 bridgehead atoms. The Morgan fingerprint density at radius 2 is 2.30 bits per heavy atom. The first kappa shape index (κ1) is 9.67. The van der Waals surface area contributed by atoms with E-state index in [1.165, 1.54) is 0 Å². The quantitative estimate of drug-likeness (QED) is 0.594. The van der Waals surface area contributed by atoms with Gasteiger partial charge in [-0.05, 0) is 13.8 Å². The van der Waals surface area contributed by atoms with Gasteiger partial charge in [-0.25, -0.2) is 0 Å². The largest absolute Gasteiger partial charge is 0.327 e. The van der Waals surface area contributed by atoms with Crippen molar-refractivity contribution in [3.63, 3.8) is 0 Å². The first-order chi connectivity index (χ1) is 4.66. The summed E-state index contributed by atoms with van der Waals surface area (Å²) < 4.78 is 10.9. The van der Waals surface area contributed by atoms with Crippen LogP contribution < -0.4 is 5.73 Å². The van der Waals surface area contributed by atoms with E-state index in [1.54, 1.807) is 6.92 Å². The van der Waals surface area contributed by atoms with Gasteiger partial charge in [-0.15, -0.1) is 5.92 Å². The van der Waals surface area contributed by atoms with E-state index in [-0.39, 0.29) is 6.04 Å². The van der Waals surface area contributed by atoms with Gasteiger partial charge in [0.05, 0.1) is 5.75 Å². The van der Waals surface area contributed by atoms with Crippen molar-refractivity contribution in [3.05, 3.63) is 0 Å². The first-order valence-electron chi connectivity index (χ1n) is 3.17. The molecule has 0 fully saturated rings. The smallest absolute Gasteiger partial charge is 0.0847 e. The minimum atomic E-state index is -0.849. The van der Waals surface area contributed by atoms with Crippen molar-refractivity contribution >= 4 is 10.8 Å². The molecule has 0 saturated carbocycles. The Labute approximate surface area is 64.6 Å². The molecule has 10 heavy (non-hydrogen) atoms. The monoisotopic (exact) mass is 159 g/mol. The lowest BCUT2D eigenvalue weighted by atomic mass is 10.4. The second-order valence-corrected chi connectivity index (χ2v) is 3.66. The maximum Gasteiger partial charge on any atom is 0.0847 e. The van der Waals surface area contributed by atoms with Crippen molar-refractivity contribution in [2.45, 2.75) is 19.9 Å². The Kier molecular flexibility index (Phi) is 5.27. The van der Waals surface area contributed by atoms with Gasteiger partial charge in [-0.2, -0.15) is 0 Å². The third kappa shape index (κ3) is 5.80. The Morgan fingerprint density at radius 1 is 1.70 bits per heavy atom. The minimum absolute atomic E-state index is 0.0134. The van der Waals surface area contributed by atoms with E-state index in [9.17, 15) is 4.21 Å². The first-order valence-corrected chi connectivity index (χ1v) is 4.65. The summed E-state index contributed by atoms with van der Waals surface area (Å²) in [6, 6.07) is 0.0134. The van der Waals surface area contributed by atoms with Crippen LogP contribution in [0.25, 0.3) is 0 Å². The zero-order chi connectivity index (χ0) is 7.98. The van der Waals surface area contributed by atoms with Gasteiger partial charge in [-0.1, -0.05) is 5.92 Å². The molecule has 0 saturated heterocycles. The average Bonchev–Trinajstić information content (AvgIpc) is 1.82. The van der Waals surface area contributed by atoms with Crippen LogP contribution >= 0.6 is 0 Å². The molecular weight excluding hydrogens is 146 g/mol. The molecule has 0 aliphatic rings. The van der Waals surface area contributed by atoms with E-state index in [4.69, 9.17) is 5.73 Å². The molecule has 0 rings (SSSR count). The van der Waals surface area contributed by atoms with Crippen molar-refractivity contribution in [1.82, 2.24) is 0 Å². The van der Waals surface area contributed by atoms with Gasteiger partial charge in [-0.3, -0.25) is 4.21 Å². The molecule has 0 aliphatic carbocycles. The summed E-state index contributed by atoms with van der Waals surface area (Å²) in [6.45, 7) is 3.58. The van der Waals surface area contributed by atoms with Crippen molar-refractivity contribution in [2.75, 3.05) is 11.5 Å². The molecule has 0 heterocycles. The molecule has 2 atom stereocenters. The molecule has 2 N–H and O–H groups in total. The highest BCUT2D eigenvalue weighted by molar-refractivity contribution is 7.85. The van der Waals surface area contributed by atoms with Crippen LogP contribution in [-0.2, 0) is 10.8 Å². The molecule has 0 aromatic heterocycles. The fraction of sp³-hybridized carbons (Fsp3) is 0.714. The molecule has 0 radical (unpaired) electrons. The van der Waals surface area contributed by atoms with E-state index in [0.29, 0.717) is 11.5 Å². The molecule has 2 unspecified atom stereocenters. The number of nitrogens with two attached hydrogens (primary N) is 1. The maximum atomic E-state index is 10.9. The van der Waals surface area contributed by atoms with E-state index in [0.717, 1.165) is 0 Å². The molecule has 3 heteroatoms. The van der Waals surface area contributed by atoms with Crippen LogP contribution in [0.5, 0.6) is 0 Å². The van der Waals surface area contributed by atoms with Gasteiger partial charge >= 0.3 is 0 Å². The predicted molar refractivity (Wildman–Crippen MR) is 45.0 cm³/mol.